The summed E-state index contributed by atoms with van der Waals surface area (Å²) in [7, 11) is 0. The molecule has 0 atom stereocenters. The summed E-state index contributed by atoms with van der Waals surface area (Å²) in [6.07, 6.45) is 8.65. The smallest absolute Gasteiger partial charge is 0.0707 e. The number of para-hydroxylation sites is 1. The average Bonchev–Trinajstić information content (AvgIpc) is 2.73. The third-order valence-corrected chi connectivity index (χ3v) is 4.05. The van der Waals surface area contributed by atoms with Crippen molar-refractivity contribution in [1.82, 2.24) is 0 Å². The number of hydrogen-bond donors (Lipinski definition) is 0. The third-order valence-electron chi connectivity index (χ3n) is 4.05. The summed E-state index contributed by atoms with van der Waals surface area (Å²) < 4.78 is 0. The van der Waals surface area contributed by atoms with Gasteiger partial charge in [-0.25, -0.2) is 4.99 Å². The van der Waals surface area contributed by atoms with Gasteiger partial charge in [0.2, 0.25) is 0 Å². The van der Waals surface area contributed by atoms with Crippen LogP contribution < -0.4 is 0 Å². The predicted molar refractivity (Wildman–Crippen MR) is 70.8 cm³/mol. The van der Waals surface area contributed by atoms with Crippen molar-refractivity contribution in [2.75, 3.05) is 0 Å². The van der Waals surface area contributed by atoms with E-state index in [1.54, 1.807) is 11.1 Å². The van der Waals surface area contributed by atoms with Crippen LogP contribution in [0.1, 0.15) is 31.2 Å². The van der Waals surface area contributed by atoms with Crippen LogP contribution in [0.3, 0.4) is 0 Å². The molecule has 1 heteroatoms. The van der Waals surface area contributed by atoms with Crippen LogP contribution in [0.5, 0.6) is 0 Å². The van der Waals surface area contributed by atoms with E-state index < -0.39 is 0 Å². The standard InChI is InChI=1S/C16H15N/c1-3-7-14-11(5-1)9-13-10-12-6-2-4-8-15(12)17-16(13)14/h2,4,6,8-9H,1,3,5,7,10H2. The van der Waals surface area contributed by atoms with Crippen molar-refractivity contribution < 1.29 is 0 Å². The monoisotopic (exact) mass is 221 g/mol. The van der Waals surface area contributed by atoms with Gasteiger partial charge in [-0.3, -0.25) is 0 Å². The first kappa shape index (κ1) is 9.41. The van der Waals surface area contributed by atoms with E-state index in [1.165, 1.54) is 48.2 Å². The fourth-order valence-corrected chi connectivity index (χ4v) is 3.20. The van der Waals surface area contributed by atoms with Crippen molar-refractivity contribution in [3.63, 3.8) is 0 Å². The van der Waals surface area contributed by atoms with Gasteiger partial charge in [0.25, 0.3) is 0 Å². The van der Waals surface area contributed by atoms with Crippen molar-refractivity contribution >= 4 is 11.4 Å². The number of benzene rings is 1. The number of rotatable bonds is 0. The van der Waals surface area contributed by atoms with Gasteiger partial charge in [-0.15, -0.1) is 0 Å². The summed E-state index contributed by atoms with van der Waals surface area (Å²) >= 11 is 0. The molecule has 2 aliphatic carbocycles. The lowest BCUT2D eigenvalue weighted by Gasteiger charge is -2.18. The molecule has 0 bridgehead atoms. The molecule has 0 aromatic heterocycles. The zero-order valence-electron chi connectivity index (χ0n) is 9.87. The Bertz CT molecular complexity index is 587. The number of hydrogen-bond acceptors (Lipinski definition) is 1. The molecule has 1 aliphatic heterocycles. The first-order chi connectivity index (χ1) is 8.42. The molecule has 0 spiro atoms. The van der Waals surface area contributed by atoms with Crippen molar-refractivity contribution in [3.05, 3.63) is 52.6 Å². The molecule has 1 aromatic rings. The predicted octanol–water partition coefficient (Wildman–Crippen LogP) is 4.13. The van der Waals surface area contributed by atoms with Gasteiger partial charge < -0.3 is 0 Å². The lowest BCUT2D eigenvalue weighted by molar-refractivity contribution is 0.702. The second-order valence-corrected chi connectivity index (χ2v) is 5.15. The topological polar surface area (TPSA) is 12.4 Å². The molecule has 0 N–H and O–H groups in total. The Balaban J connectivity index is 1.87. The minimum atomic E-state index is 1.07. The van der Waals surface area contributed by atoms with Crippen molar-refractivity contribution in [1.29, 1.82) is 0 Å². The molecule has 0 unspecified atom stereocenters. The molecule has 0 fully saturated rings. The van der Waals surface area contributed by atoms with Crippen LogP contribution in [0.25, 0.3) is 0 Å². The highest BCUT2D eigenvalue weighted by Crippen LogP contribution is 2.40. The Morgan fingerprint density at radius 3 is 2.88 bits per heavy atom. The largest absolute Gasteiger partial charge is 0.248 e. The van der Waals surface area contributed by atoms with Gasteiger partial charge in [-0.2, -0.15) is 0 Å². The summed E-state index contributed by atoms with van der Waals surface area (Å²) in [4.78, 5) is 4.88. The highest BCUT2D eigenvalue weighted by Gasteiger charge is 2.28. The van der Waals surface area contributed by atoms with E-state index >= 15 is 0 Å². The fraction of sp³-hybridized carbons (Fsp3) is 0.312. The Labute approximate surface area is 102 Å². The normalized spacial score (nSPS) is 21.4. The molecule has 1 nitrogen and oxygen atoms in total. The molecule has 0 amide bonds. The first-order valence-corrected chi connectivity index (χ1v) is 6.52. The van der Waals surface area contributed by atoms with Crippen LogP contribution >= 0.6 is 0 Å². The van der Waals surface area contributed by atoms with Crippen LogP contribution in [0.2, 0.25) is 0 Å². The van der Waals surface area contributed by atoms with Gasteiger partial charge in [0.1, 0.15) is 0 Å². The van der Waals surface area contributed by atoms with E-state index in [1.807, 2.05) is 0 Å². The summed E-state index contributed by atoms with van der Waals surface area (Å²) in [5.41, 5.74) is 8.42. The lowest BCUT2D eigenvalue weighted by Crippen LogP contribution is -2.11. The summed E-state index contributed by atoms with van der Waals surface area (Å²) in [5, 5.41) is 0. The highest BCUT2D eigenvalue weighted by atomic mass is 14.8. The summed E-state index contributed by atoms with van der Waals surface area (Å²) in [6.45, 7) is 0. The van der Waals surface area contributed by atoms with E-state index in [-0.39, 0.29) is 0 Å². The quantitative estimate of drug-likeness (QED) is 0.624. The van der Waals surface area contributed by atoms with E-state index in [2.05, 4.69) is 30.3 Å². The average molecular weight is 221 g/mol. The van der Waals surface area contributed by atoms with Crippen molar-refractivity contribution in [2.24, 2.45) is 4.99 Å². The molecular weight excluding hydrogens is 206 g/mol. The Morgan fingerprint density at radius 1 is 1.00 bits per heavy atom. The molecule has 0 saturated carbocycles. The Hall–Kier alpha value is -1.63. The van der Waals surface area contributed by atoms with Gasteiger partial charge in [0, 0.05) is 6.42 Å². The molecular formula is C16H15N. The second kappa shape index (κ2) is 3.43. The number of aliphatic imine (C=N–C) groups is 1. The summed E-state index contributed by atoms with van der Waals surface area (Å²) in [5.74, 6) is 0. The van der Waals surface area contributed by atoms with Gasteiger partial charge in [-0.05, 0) is 54.0 Å². The van der Waals surface area contributed by atoms with Crippen LogP contribution in [-0.4, -0.2) is 5.71 Å². The maximum absolute atomic E-state index is 4.88. The van der Waals surface area contributed by atoms with Gasteiger partial charge in [0.15, 0.2) is 0 Å². The van der Waals surface area contributed by atoms with Crippen LogP contribution in [0.15, 0.2) is 52.1 Å². The van der Waals surface area contributed by atoms with E-state index in [9.17, 15) is 0 Å². The van der Waals surface area contributed by atoms with Crippen LogP contribution in [0.4, 0.5) is 5.69 Å². The Kier molecular flexibility index (Phi) is 1.90. The fourth-order valence-electron chi connectivity index (χ4n) is 3.20. The number of fused-ring (bicyclic) bond motifs is 3. The molecule has 1 heterocycles. The van der Waals surface area contributed by atoms with Gasteiger partial charge >= 0.3 is 0 Å². The van der Waals surface area contributed by atoms with Crippen LogP contribution in [0, 0.1) is 0 Å². The van der Waals surface area contributed by atoms with Crippen LogP contribution in [-0.2, 0) is 6.42 Å². The molecule has 84 valence electrons. The number of nitrogens with zero attached hydrogens (tertiary/aromatic N) is 1. The van der Waals surface area contributed by atoms with E-state index in [4.69, 9.17) is 4.99 Å². The minimum Gasteiger partial charge on any atom is -0.248 e. The highest BCUT2D eigenvalue weighted by molar-refractivity contribution is 6.18. The first-order valence-electron chi connectivity index (χ1n) is 6.52. The maximum atomic E-state index is 4.88. The van der Waals surface area contributed by atoms with Gasteiger partial charge in [0.05, 0.1) is 11.4 Å². The lowest BCUT2D eigenvalue weighted by atomic mass is 9.90. The van der Waals surface area contributed by atoms with E-state index in [0.717, 1.165) is 6.42 Å². The van der Waals surface area contributed by atoms with Gasteiger partial charge in [-0.1, -0.05) is 24.3 Å². The maximum Gasteiger partial charge on any atom is 0.0707 e. The minimum absolute atomic E-state index is 1.07. The van der Waals surface area contributed by atoms with Crippen molar-refractivity contribution in [2.45, 2.75) is 32.1 Å². The molecule has 1 aromatic carbocycles. The summed E-state index contributed by atoms with van der Waals surface area (Å²) in [6, 6.07) is 8.54. The Morgan fingerprint density at radius 2 is 1.88 bits per heavy atom. The molecule has 4 rings (SSSR count). The molecule has 3 aliphatic rings. The molecule has 17 heavy (non-hydrogen) atoms. The third kappa shape index (κ3) is 1.35. The zero-order valence-corrected chi connectivity index (χ0v) is 9.87. The second-order valence-electron chi connectivity index (χ2n) is 5.15. The number of allylic oxidation sites excluding steroid dienone is 4. The van der Waals surface area contributed by atoms with Crippen molar-refractivity contribution in [3.8, 4) is 0 Å². The molecule has 0 radical (unpaired) electrons. The zero-order chi connectivity index (χ0) is 11.2. The SMILES string of the molecule is C1=C2Cc3ccccc3N=C2C2=C1CCCC2. The molecule has 0 saturated heterocycles. The van der Waals surface area contributed by atoms with E-state index in [0.29, 0.717) is 0 Å².